The fraction of sp³-hybridized carbons (Fsp3) is 0. The first kappa shape index (κ1) is 22.4. The molecule has 4 aromatic rings. The minimum atomic E-state index is -0.399. The fourth-order valence-corrected chi connectivity index (χ4v) is 4.58. The van der Waals surface area contributed by atoms with E-state index in [-0.39, 0.29) is 5.76 Å². The predicted octanol–water partition coefficient (Wildman–Crippen LogP) is 6.83. The van der Waals surface area contributed by atoms with Crippen LogP contribution >= 0.6 is 0 Å². The third kappa shape index (κ3) is 4.48. The second-order valence-electron chi connectivity index (χ2n) is 8.94. The van der Waals surface area contributed by atoms with E-state index in [4.69, 9.17) is 0 Å². The first-order valence-electron chi connectivity index (χ1n) is 12.1. The van der Waals surface area contributed by atoms with Gasteiger partial charge in [-0.3, -0.25) is 4.79 Å². The molecule has 0 atom stereocenters. The lowest BCUT2D eigenvalue weighted by Crippen LogP contribution is -2.17. The van der Waals surface area contributed by atoms with Crippen molar-refractivity contribution in [2.45, 2.75) is 0 Å². The maximum Gasteiger partial charge on any atom is 0.220 e. The number of aliphatic hydroxyl groups is 1. The molecule has 0 bridgehead atoms. The van der Waals surface area contributed by atoms with Gasteiger partial charge in [0.05, 0.1) is 11.4 Å². The topological polar surface area (TPSA) is 61.4 Å². The number of ketones is 1. The second kappa shape index (κ2) is 9.51. The molecule has 0 saturated carbocycles. The Morgan fingerprint density at radius 2 is 0.892 bits per heavy atom. The summed E-state index contributed by atoms with van der Waals surface area (Å²) < 4.78 is 0. The van der Waals surface area contributed by atoms with E-state index >= 15 is 0 Å². The lowest BCUT2D eigenvalue weighted by atomic mass is 9.99. The van der Waals surface area contributed by atoms with Crippen molar-refractivity contribution in [1.82, 2.24) is 10.6 Å². The summed E-state index contributed by atoms with van der Waals surface area (Å²) in [6.45, 7) is 0. The van der Waals surface area contributed by atoms with Gasteiger partial charge in [-0.25, -0.2) is 0 Å². The van der Waals surface area contributed by atoms with Gasteiger partial charge < -0.3 is 15.7 Å². The zero-order valence-electron chi connectivity index (χ0n) is 20.0. The van der Waals surface area contributed by atoms with E-state index in [1.54, 1.807) is 6.08 Å². The maximum atomic E-state index is 11.7. The Morgan fingerprint density at radius 3 is 1.32 bits per heavy atom. The molecule has 0 aromatic heterocycles. The van der Waals surface area contributed by atoms with Crippen molar-refractivity contribution in [2.75, 3.05) is 0 Å². The number of hydrogen-bond acceptors (Lipinski definition) is 4. The van der Waals surface area contributed by atoms with Gasteiger partial charge in [-0.05, 0) is 40.5 Å². The molecule has 4 aromatic carbocycles. The zero-order valence-corrected chi connectivity index (χ0v) is 20.0. The molecule has 0 fully saturated rings. The van der Waals surface area contributed by atoms with Crippen LogP contribution in [0.25, 0.3) is 33.6 Å². The van der Waals surface area contributed by atoms with Crippen LogP contribution in [0.5, 0.6) is 0 Å². The van der Waals surface area contributed by atoms with Crippen LogP contribution in [0.1, 0.15) is 11.1 Å². The molecule has 37 heavy (non-hydrogen) atoms. The van der Waals surface area contributed by atoms with Crippen molar-refractivity contribution in [3.63, 3.8) is 0 Å². The van der Waals surface area contributed by atoms with E-state index in [9.17, 15) is 9.90 Å². The molecule has 4 nitrogen and oxygen atoms in total. The predicted molar refractivity (Wildman–Crippen MR) is 149 cm³/mol. The average molecular weight is 481 g/mol. The summed E-state index contributed by atoms with van der Waals surface area (Å²) in [6, 6.07) is 37.4. The number of aliphatic hydroxyl groups excluding tert-OH is 1. The van der Waals surface area contributed by atoms with Crippen LogP contribution in [-0.2, 0) is 4.79 Å². The third-order valence-electron chi connectivity index (χ3n) is 6.56. The van der Waals surface area contributed by atoms with Gasteiger partial charge in [0.25, 0.3) is 0 Å². The van der Waals surface area contributed by atoms with E-state index in [0.717, 1.165) is 44.8 Å². The minimum absolute atomic E-state index is 0.275. The van der Waals surface area contributed by atoms with Crippen LogP contribution in [-0.4, -0.2) is 10.9 Å². The monoisotopic (exact) mass is 480 g/mol. The summed E-state index contributed by atoms with van der Waals surface area (Å²) in [4.78, 5) is 11.7. The Morgan fingerprint density at radius 1 is 0.486 bits per heavy atom. The van der Waals surface area contributed by atoms with Crippen LogP contribution in [0.15, 0.2) is 145 Å². The van der Waals surface area contributed by atoms with Gasteiger partial charge in [-0.2, -0.15) is 0 Å². The molecule has 0 amide bonds. The molecule has 6 rings (SSSR count). The lowest BCUT2D eigenvalue weighted by molar-refractivity contribution is -0.113. The summed E-state index contributed by atoms with van der Waals surface area (Å²) in [5, 5.41) is 17.0. The second-order valence-corrected chi connectivity index (χ2v) is 8.94. The van der Waals surface area contributed by atoms with Crippen molar-refractivity contribution in [2.24, 2.45) is 0 Å². The van der Waals surface area contributed by atoms with Gasteiger partial charge in [-0.15, -0.1) is 0 Å². The molecule has 1 aliphatic heterocycles. The quantitative estimate of drug-likeness (QED) is 0.300. The van der Waals surface area contributed by atoms with Crippen molar-refractivity contribution < 1.29 is 9.90 Å². The average Bonchev–Trinajstić information content (AvgIpc) is 3.41. The molecule has 178 valence electrons. The third-order valence-corrected chi connectivity index (χ3v) is 6.56. The molecule has 4 heteroatoms. The van der Waals surface area contributed by atoms with Gasteiger partial charge >= 0.3 is 0 Å². The Hall–Kier alpha value is -5.09. The van der Waals surface area contributed by atoms with Crippen LogP contribution in [0, 0.1) is 0 Å². The van der Waals surface area contributed by atoms with Crippen LogP contribution in [0.2, 0.25) is 0 Å². The SMILES string of the molecule is O=C1C=CC(=C2NC(c3ccc(-c4ccccc4)cc3)=C(c3ccc(-c4ccccc4)cc3)N2)C=C1O. The van der Waals surface area contributed by atoms with E-state index in [1.807, 2.05) is 36.4 Å². The smallest absolute Gasteiger partial charge is 0.220 e. The van der Waals surface area contributed by atoms with Gasteiger partial charge in [-0.1, -0.05) is 109 Å². The molecule has 0 spiro atoms. The standard InChI is InChI=1S/C33H24N2O2/c36-29-20-19-28(21-30(29)37)33-34-31(26-15-11-24(12-16-26)22-7-3-1-4-8-22)32(35-33)27-17-13-25(14-18-27)23-9-5-2-6-10-23/h1-21,34-35,37H. The number of allylic oxidation sites excluding steroid dienone is 4. The summed E-state index contributed by atoms with van der Waals surface area (Å²) in [5.74, 6) is 0.0337. The molecule has 0 unspecified atom stereocenters. The number of hydrogen-bond donors (Lipinski definition) is 3. The van der Waals surface area contributed by atoms with Crippen molar-refractivity contribution in [3.8, 4) is 22.3 Å². The summed E-state index contributed by atoms with van der Waals surface area (Å²) in [5.41, 5.74) is 9.21. The van der Waals surface area contributed by atoms with E-state index < -0.39 is 5.78 Å². The van der Waals surface area contributed by atoms with Gasteiger partial charge in [0.2, 0.25) is 5.78 Å². The first-order valence-corrected chi connectivity index (χ1v) is 12.1. The van der Waals surface area contributed by atoms with E-state index in [2.05, 4.69) is 83.4 Å². The molecular weight excluding hydrogens is 456 g/mol. The highest BCUT2D eigenvalue weighted by Crippen LogP contribution is 2.33. The molecule has 0 radical (unpaired) electrons. The Labute approximate surface area is 215 Å². The van der Waals surface area contributed by atoms with Crippen molar-refractivity contribution in [1.29, 1.82) is 0 Å². The highest BCUT2D eigenvalue weighted by Gasteiger charge is 2.24. The van der Waals surface area contributed by atoms with E-state index in [1.165, 1.54) is 12.2 Å². The van der Waals surface area contributed by atoms with Crippen LogP contribution in [0.4, 0.5) is 0 Å². The molecule has 0 saturated heterocycles. The molecule has 2 aliphatic rings. The summed E-state index contributed by atoms with van der Waals surface area (Å²) >= 11 is 0. The number of carbonyl (C=O) groups is 1. The number of rotatable bonds is 4. The molecule has 1 heterocycles. The van der Waals surface area contributed by atoms with Gasteiger partial charge in [0.15, 0.2) is 5.76 Å². The summed E-state index contributed by atoms with van der Waals surface area (Å²) in [7, 11) is 0. The lowest BCUT2D eigenvalue weighted by Gasteiger charge is -2.10. The summed E-state index contributed by atoms with van der Waals surface area (Å²) in [6.07, 6.45) is 4.56. The molecule has 1 aliphatic carbocycles. The Bertz CT molecular complexity index is 1500. The van der Waals surface area contributed by atoms with Crippen LogP contribution in [0.3, 0.4) is 0 Å². The minimum Gasteiger partial charge on any atom is -0.504 e. The first-order chi connectivity index (χ1) is 18.2. The van der Waals surface area contributed by atoms with Crippen molar-refractivity contribution >= 4 is 17.2 Å². The highest BCUT2D eigenvalue weighted by molar-refractivity contribution is 6.04. The van der Waals surface area contributed by atoms with Gasteiger partial charge in [0, 0.05) is 16.7 Å². The fourth-order valence-electron chi connectivity index (χ4n) is 4.58. The number of carbonyl (C=O) groups excluding carboxylic acids is 1. The number of benzene rings is 4. The Kier molecular flexibility index (Phi) is 5.75. The van der Waals surface area contributed by atoms with Gasteiger partial charge in [0.1, 0.15) is 5.82 Å². The zero-order chi connectivity index (χ0) is 25.2. The molecule has 3 N–H and O–H groups in total. The van der Waals surface area contributed by atoms with Crippen molar-refractivity contribution in [3.05, 3.63) is 156 Å². The molecular formula is C33H24N2O2. The normalized spacial score (nSPS) is 14.9. The largest absolute Gasteiger partial charge is 0.504 e. The number of nitrogens with one attached hydrogen (secondary N) is 2. The highest BCUT2D eigenvalue weighted by atomic mass is 16.3. The Balaban J connectivity index is 1.40. The maximum absolute atomic E-state index is 11.7. The van der Waals surface area contributed by atoms with Crippen LogP contribution < -0.4 is 10.6 Å². The van der Waals surface area contributed by atoms with E-state index in [0.29, 0.717) is 11.4 Å².